The van der Waals surface area contributed by atoms with Crippen LogP contribution in [-0.4, -0.2) is 18.8 Å². The monoisotopic (exact) mass is 187 g/mol. The molecule has 66 valence electrons. The van der Waals surface area contributed by atoms with Crippen LogP contribution in [-0.2, 0) is 0 Å². The third-order valence-electron chi connectivity index (χ3n) is 1.36. The van der Waals surface area contributed by atoms with Gasteiger partial charge in [0, 0.05) is 0 Å². The number of alkyl halides is 3. The van der Waals surface area contributed by atoms with E-state index in [9.17, 15) is 13.2 Å². The molecule has 0 radical (unpaired) electrons. The number of nitrogens with one attached hydrogen (secondary N) is 1. The maximum Gasteiger partial charge on any atom is 0.407 e. The van der Waals surface area contributed by atoms with E-state index >= 15 is 0 Å². The SMILES string of the molecule is Cl.FC(F)(F)C1C=CCCN1. The second-order valence-corrected chi connectivity index (χ2v) is 2.19. The summed E-state index contributed by atoms with van der Waals surface area (Å²) in [7, 11) is 0. The Morgan fingerprint density at radius 2 is 2.00 bits per heavy atom. The highest BCUT2D eigenvalue weighted by molar-refractivity contribution is 5.85. The summed E-state index contributed by atoms with van der Waals surface area (Å²) in [6.45, 7) is 0.417. The van der Waals surface area contributed by atoms with Gasteiger partial charge in [0.05, 0.1) is 0 Å². The molecule has 11 heavy (non-hydrogen) atoms. The Balaban J connectivity index is 0.000001000. The van der Waals surface area contributed by atoms with Gasteiger partial charge in [-0.25, -0.2) is 0 Å². The van der Waals surface area contributed by atoms with Crippen molar-refractivity contribution in [1.29, 1.82) is 0 Å². The minimum atomic E-state index is -4.13. The summed E-state index contributed by atoms with van der Waals surface area (Å²) in [5, 5.41) is 2.35. The molecule has 1 unspecified atom stereocenters. The standard InChI is InChI=1S/C6H8F3N.ClH/c7-6(8,9)5-3-1-2-4-10-5;/h1,3,5,10H,2,4H2;1H. The molecular weight excluding hydrogens is 179 g/mol. The van der Waals surface area contributed by atoms with E-state index in [2.05, 4.69) is 5.32 Å². The van der Waals surface area contributed by atoms with E-state index in [0.29, 0.717) is 13.0 Å². The zero-order chi connectivity index (χ0) is 7.61. The van der Waals surface area contributed by atoms with Gasteiger partial charge in [0.25, 0.3) is 0 Å². The van der Waals surface area contributed by atoms with E-state index in [1.54, 1.807) is 6.08 Å². The molecule has 0 saturated heterocycles. The summed E-state index contributed by atoms with van der Waals surface area (Å²) in [6, 6.07) is -1.43. The fourth-order valence-electron chi connectivity index (χ4n) is 0.847. The third-order valence-corrected chi connectivity index (χ3v) is 1.36. The van der Waals surface area contributed by atoms with Crippen molar-refractivity contribution in [3.63, 3.8) is 0 Å². The topological polar surface area (TPSA) is 12.0 Å². The fourth-order valence-corrected chi connectivity index (χ4v) is 0.847. The van der Waals surface area contributed by atoms with Gasteiger partial charge < -0.3 is 5.32 Å². The summed E-state index contributed by atoms with van der Waals surface area (Å²) in [6.07, 6.45) is -0.734. The fraction of sp³-hybridized carbons (Fsp3) is 0.667. The van der Waals surface area contributed by atoms with Crippen LogP contribution in [0, 0.1) is 0 Å². The summed E-state index contributed by atoms with van der Waals surface area (Å²) >= 11 is 0. The van der Waals surface area contributed by atoms with Crippen LogP contribution in [0.2, 0.25) is 0 Å². The van der Waals surface area contributed by atoms with Gasteiger partial charge in [0.2, 0.25) is 0 Å². The van der Waals surface area contributed by atoms with Gasteiger partial charge in [-0.2, -0.15) is 13.2 Å². The van der Waals surface area contributed by atoms with Crippen molar-refractivity contribution in [2.24, 2.45) is 0 Å². The smallest absolute Gasteiger partial charge is 0.303 e. The van der Waals surface area contributed by atoms with E-state index in [-0.39, 0.29) is 12.4 Å². The molecule has 0 amide bonds. The molecule has 1 nitrogen and oxygen atoms in total. The van der Waals surface area contributed by atoms with Crippen molar-refractivity contribution in [3.05, 3.63) is 12.2 Å². The molecule has 1 heterocycles. The molecular formula is C6H9ClF3N. The number of rotatable bonds is 0. The van der Waals surface area contributed by atoms with Gasteiger partial charge in [-0.3, -0.25) is 0 Å². The lowest BCUT2D eigenvalue weighted by Crippen LogP contribution is -2.42. The Bertz CT molecular complexity index is 143. The zero-order valence-corrected chi connectivity index (χ0v) is 6.50. The predicted octanol–water partition coefficient (Wildman–Crippen LogP) is 1.89. The van der Waals surface area contributed by atoms with E-state index in [4.69, 9.17) is 0 Å². The molecule has 0 aromatic heterocycles. The van der Waals surface area contributed by atoms with Crippen LogP contribution in [0.3, 0.4) is 0 Å². The minimum Gasteiger partial charge on any atom is -0.303 e. The van der Waals surface area contributed by atoms with Gasteiger partial charge in [0.15, 0.2) is 0 Å². The van der Waals surface area contributed by atoms with Crippen molar-refractivity contribution in [1.82, 2.24) is 5.32 Å². The lowest BCUT2D eigenvalue weighted by Gasteiger charge is -2.20. The van der Waals surface area contributed by atoms with E-state index in [1.165, 1.54) is 0 Å². The first-order chi connectivity index (χ1) is 4.61. The van der Waals surface area contributed by atoms with Crippen LogP contribution in [0.4, 0.5) is 13.2 Å². The third kappa shape index (κ3) is 3.12. The normalized spacial score (nSPS) is 24.5. The van der Waals surface area contributed by atoms with E-state index < -0.39 is 12.2 Å². The van der Waals surface area contributed by atoms with Crippen LogP contribution in [0.5, 0.6) is 0 Å². The molecule has 1 atom stereocenters. The van der Waals surface area contributed by atoms with Crippen LogP contribution in [0.1, 0.15) is 6.42 Å². The lowest BCUT2D eigenvalue weighted by atomic mass is 10.2. The quantitative estimate of drug-likeness (QED) is 0.571. The van der Waals surface area contributed by atoms with Gasteiger partial charge in [-0.05, 0) is 13.0 Å². The van der Waals surface area contributed by atoms with Crippen LogP contribution >= 0.6 is 12.4 Å². The molecule has 1 aliphatic heterocycles. The molecule has 0 spiro atoms. The second kappa shape index (κ2) is 3.97. The van der Waals surface area contributed by atoms with Crippen molar-refractivity contribution < 1.29 is 13.2 Å². The van der Waals surface area contributed by atoms with Crippen molar-refractivity contribution >= 4 is 12.4 Å². The minimum absolute atomic E-state index is 0. The molecule has 0 aromatic carbocycles. The van der Waals surface area contributed by atoms with Crippen LogP contribution in [0.25, 0.3) is 0 Å². The zero-order valence-electron chi connectivity index (χ0n) is 5.69. The lowest BCUT2D eigenvalue weighted by molar-refractivity contribution is -0.145. The van der Waals surface area contributed by atoms with E-state index in [1.807, 2.05) is 0 Å². The summed E-state index contributed by atoms with van der Waals surface area (Å²) in [4.78, 5) is 0. The largest absolute Gasteiger partial charge is 0.407 e. The molecule has 1 aliphatic rings. The van der Waals surface area contributed by atoms with Gasteiger partial charge in [-0.1, -0.05) is 12.2 Å². The Labute approximate surface area is 69.1 Å². The van der Waals surface area contributed by atoms with Crippen LogP contribution in [0.15, 0.2) is 12.2 Å². The highest BCUT2D eigenvalue weighted by Crippen LogP contribution is 2.22. The Kier molecular flexibility index (Phi) is 3.89. The Morgan fingerprint density at radius 1 is 1.36 bits per heavy atom. The van der Waals surface area contributed by atoms with Crippen molar-refractivity contribution in [2.45, 2.75) is 18.6 Å². The molecule has 0 saturated carbocycles. The number of hydrogen-bond donors (Lipinski definition) is 1. The molecule has 5 heteroatoms. The molecule has 1 N–H and O–H groups in total. The first kappa shape index (κ1) is 10.8. The summed E-state index contributed by atoms with van der Waals surface area (Å²) in [5.74, 6) is 0. The van der Waals surface area contributed by atoms with Gasteiger partial charge in [-0.15, -0.1) is 12.4 Å². The average Bonchev–Trinajstić information content (AvgIpc) is 1.88. The Morgan fingerprint density at radius 3 is 2.27 bits per heavy atom. The molecule has 0 aliphatic carbocycles. The van der Waals surface area contributed by atoms with Crippen molar-refractivity contribution in [3.8, 4) is 0 Å². The first-order valence-corrected chi connectivity index (χ1v) is 3.07. The predicted molar refractivity (Wildman–Crippen MR) is 38.9 cm³/mol. The molecule has 1 rings (SSSR count). The molecule has 0 fully saturated rings. The highest BCUT2D eigenvalue weighted by atomic mass is 35.5. The van der Waals surface area contributed by atoms with Crippen molar-refractivity contribution in [2.75, 3.05) is 6.54 Å². The highest BCUT2D eigenvalue weighted by Gasteiger charge is 2.37. The van der Waals surface area contributed by atoms with E-state index in [0.717, 1.165) is 6.08 Å². The summed E-state index contributed by atoms with van der Waals surface area (Å²) < 4.78 is 35.5. The van der Waals surface area contributed by atoms with Crippen LogP contribution < -0.4 is 5.32 Å². The van der Waals surface area contributed by atoms with Gasteiger partial charge in [0.1, 0.15) is 6.04 Å². The molecule has 0 aromatic rings. The maximum atomic E-state index is 11.8. The second-order valence-electron chi connectivity index (χ2n) is 2.19. The average molecular weight is 188 g/mol. The number of hydrogen-bond acceptors (Lipinski definition) is 1. The summed E-state index contributed by atoms with van der Waals surface area (Å²) in [5.41, 5.74) is 0. The first-order valence-electron chi connectivity index (χ1n) is 3.07. The van der Waals surface area contributed by atoms with Gasteiger partial charge >= 0.3 is 6.18 Å². The maximum absolute atomic E-state index is 11.8. The molecule has 0 bridgehead atoms. The number of halogens is 4. The Hall–Kier alpha value is -0.220.